The Labute approximate surface area is 130 Å². The Morgan fingerprint density at radius 1 is 0.909 bits per heavy atom. The number of benzene rings is 2. The maximum absolute atomic E-state index is 12.3. The minimum absolute atomic E-state index is 0.247. The first-order valence-electron chi connectivity index (χ1n) is 6.52. The van der Waals surface area contributed by atoms with E-state index in [1.165, 1.54) is 6.07 Å². The molecule has 0 aliphatic rings. The van der Waals surface area contributed by atoms with Crippen LogP contribution in [0.3, 0.4) is 0 Å². The number of carbonyl (C=O) groups is 2. The third kappa shape index (κ3) is 2.83. The Balaban J connectivity index is 1.80. The Morgan fingerprint density at radius 3 is 2.45 bits per heavy atom. The molecule has 6 heteroatoms. The van der Waals surface area contributed by atoms with E-state index in [0.29, 0.717) is 15.4 Å². The van der Waals surface area contributed by atoms with Gasteiger partial charge in [-0.05, 0) is 35.0 Å². The molecule has 2 amide bonds. The van der Waals surface area contributed by atoms with E-state index in [4.69, 9.17) is 5.21 Å². The van der Waals surface area contributed by atoms with Crippen LogP contribution in [0.25, 0.3) is 10.8 Å². The van der Waals surface area contributed by atoms with Crippen molar-refractivity contribution in [1.82, 2.24) is 5.48 Å². The third-order valence-corrected chi connectivity index (χ3v) is 4.18. The summed E-state index contributed by atoms with van der Waals surface area (Å²) in [6.45, 7) is 0. The van der Waals surface area contributed by atoms with Crippen LogP contribution in [0.4, 0.5) is 5.00 Å². The van der Waals surface area contributed by atoms with E-state index >= 15 is 0 Å². The van der Waals surface area contributed by atoms with E-state index in [2.05, 4.69) is 5.32 Å². The van der Waals surface area contributed by atoms with E-state index < -0.39 is 5.91 Å². The molecule has 1 heterocycles. The first kappa shape index (κ1) is 14.2. The molecule has 22 heavy (non-hydrogen) atoms. The van der Waals surface area contributed by atoms with Gasteiger partial charge in [0.1, 0.15) is 0 Å². The van der Waals surface area contributed by atoms with E-state index in [0.717, 1.165) is 22.1 Å². The predicted molar refractivity (Wildman–Crippen MR) is 85.5 cm³/mol. The van der Waals surface area contributed by atoms with E-state index in [1.54, 1.807) is 17.6 Å². The second-order valence-electron chi connectivity index (χ2n) is 4.62. The summed E-state index contributed by atoms with van der Waals surface area (Å²) in [5, 5.41) is 13.9. The van der Waals surface area contributed by atoms with Crippen LogP contribution < -0.4 is 10.8 Å². The van der Waals surface area contributed by atoms with Crippen LogP contribution in [0.1, 0.15) is 20.0 Å². The molecule has 0 bridgehead atoms. The lowest BCUT2D eigenvalue weighted by atomic mass is 10.1. The number of carbonyl (C=O) groups excluding carboxylic acids is 2. The van der Waals surface area contributed by atoms with Gasteiger partial charge >= 0.3 is 0 Å². The fraction of sp³-hybridized carbons (Fsp3) is 0. The number of hydroxylamine groups is 1. The molecule has 0 spiro atoms. The van der Waals surface area contributed by atoms with Crippen molar-refractivity contribution in [1.29, 1.82) is 0 Å². The molecule has 3 aromatic rings. The number of hydrogen-bond acceptors (Lipinski definition) is 4. The Kier molecular flexibility index (Phi) is 3.86. The van der Waals surface area contributed by atoms with E-state index in [1.807, 2.05) is 36.4 Å². The van der Waals surface area contributed by atoms with Crippen LogP contribution >= 0.6 is 11.3 Å². The number of anilines is 1. The lowest BCUT2D eigenvalue weighted by Gasteiger charge is -2.04. The van der Waals surface area contributed by atoms with Crippen molar-refractivity contribution in [3.8, 4) is 0 Å². The van der Waals surface area contributed by atoms with Crippen molar-refractivity contribution >= 4 is 38.9 Å². The largest absolute Gasteiger partial charge is 0.314 e. The number of hydrogen-bond donors (Lipinski definition) is 3. The van der Waals surface area contributed by atoms with E-state index in [9.17, 15) is 9.59 Å². The fourth-order valence-electron chi connectivity index (χ4n) is 2.10. The molecule has 110 valence electrons. The highest BCUT2D eigenvalue weighted by Crippen LogP contribution is 2.23. The molecule has 0 saturated heterocycles. The quantitative estimate of drug-likeness (QED) is 0.513. The molecule has 0 aliphatic carbocycles. The zero-order valence-corrected chi connectivity index (χ0v) is 12.2. The van der Waals surface area contributed by atoms with E-state index in [-0.39, 0.29) is 5.91 Å². The molecule has 5 nitrogen and oxygen atoms in total. The summed E-state index contributed by atoms with van der Waals surface area (Å²) >= 11 is 1.09. The molecule has 0 atom stereocenters. The summed E-state index contributed by atoms with van der Waals surface area (Å²) in [7, 11) is 0. The predicted octanol–water partition coefficient (Wildman–Crippen LogP) is 3.27. The zero-order chi connectivity index (χ0) is 15.5. The van der Waals surface area contributed by atoms with Crippen LogP contribution in [0, 0.1) is 0 Å². The SMILES string of the molecule is O=C(Nc1ccc(C(=O)NO)s1)c1ccc2ccccc2c1. The Bertz CT molecular complexity index is 857. The number of thiophene rings is 1. The summed E-state index contributed by atoms with van der Waals surface area (Å²) in [5.41, 5.74) is 2.10. The lowest BCUT2D eigenvalue weighted by Crippen LogP contribution is -2.16. The first-order valence-corrected chi connectivity index (χ1v) is 7.33. The maximum atomic E-state index is 12.3. The van der Waals surface area contributed by atoms with Gasteiger partial charge in [0.2, 0.25) is 0 Å². The molecular formula is C16H12N2O3S. The monoisotopic (exact) mass is 312 g/mol. The number of nitrogens with one attached hydrogen (secondary N) is 2. The summed E-state index contributed by atoms with van der Waals surface area (Å²) in [4.78, 5) is 23.8. The van der Waals surface area contributed by atoms with Crippen LogP contribution in [-0.4, -0.2) is 17.0 Å². The van der Waals surface area contributed by atoms with Gasteiger partial charge in [-0.1, -0.05) is 30.3 Å². The second-order valence-corrected chi connectivity index (χ2v) is 5.70. The van der Waals surface area contributed by atoms with Gasteiger partial charge in [0.25, 0.3) is 11.8 Å². The van der Waals surface area contributed by atoms with Crippen LogP contribution in [0.5, 0.6) is 0 Å². The summed E-state index contributed by atoms with van der Waals surface area (Å²) in [5.74, 6) is -0.847. The summed E-state index contributed by atoms with van der Waals surface area (Å²) in [6.07, 6.45) is 0. The van der Waals surface area contributed by atoms with Crippen molar-refractivity contribution in [2.45, 2.75) is 0 Å². The van der Waals surface area contributed by atoms with Crippen molar-refractivity contribution in [2.24, 2.45) is 0 Å². The molecule has 0 unspecified atom stereocenters. The fourth-order valence-corrected chi connectivity index (χ4v) is 2.89. The lowest BCUT2D eigenvalue weighted by molar-refractivity contribution is 0.0711. The standard InChI is InChI=1S/C16H12N2O3S/c19-15(17-14-8-7-13(22-14)16(20)18-21)12-6-5-10-3-1-2-4-11(10)9-12/h1-9,21H,(H,17,19)(H,18,20). The minimum Gasteiger partial charge on any atom is -0.314 e. The third-order valence-electron chi connectivity index (χ3n) is 3.18. The van der Waals surface area contributed by atoms with Crippen molar-refractivity contribution < 1.29 is 14.8 Å². The van der Waals surface area contributed by atoms with Gasteiger partial charge in [-0.2, -0.15) is 0 Å². The molecule has 0 aliphatic heterocycles. The van der Waals surface area contributed by atoms with Crippen molar-refractivity contribution in [3.63, 3.8) is 0 Å². The molecular weight excluding hydrogens is 300 g/mol. The Morgan fingerprint density at radius 2 is 1.68 bits per heavy atom. The molecule has 0 radical (unpaired) electrons. The van der Waals surface area contributed by atoms with Gasteiger partial charge in [0.05, 0.1) is 9.88 Å². The second kappa shape index (κ2) is 5.97. The van der Waals surface area contributed by atoms with Gasteiger partial charge in [-0.15, -0.1) is 11.3 Å². The average Bonchev–Trinajstić information content (AvgIpc) is 3.02. The Hall–Kier alpha value is -2.70. The topological polar surface area (TPSA) is 78.4 Å². The van der Waals surface area contributed by atoms with Crippen molar-refractivity contribution in [2.75, 3.05) is 5.32 Å². The average molecular weight is 312 g/mol. The molecule has 3 N–H and O–H groups in total. The normalized spacial score (nSPS) is 10.4. The maximum Gasteiger partial charge on any atom is 0.284 e. The first-order chi connectivity index (χ1) is 10.7. The van der Waals surface area contributed by atoms with Crippen LogP contribution in [0.2, 0.25) is 0 Å². The van der Waals surface area contributed by atoms with Gasteiger partial charge in [0, 0.05) is 5.56 Å². The summed E-state index contributed by atoms with van der Waals surface area (Å²) in [6, 6.07) is 16.4. The van der Waals surface area contributed by atoms with Gasteiger partial charge < -0.3 is 5.32 Å². The highest BCUT2D eigenvalue weighted by Gasteiger charge is 2.11. The highest BCUT2D eigenvalue weighted by molar-refractivity contribution is 7.18. The van der Waals surface area contributed by atoms with Crippen LogP contribution in [-0.2, 0) is 0 Å². The van der Waals surface area contributed by atoms with Gasteiger partial charge in [0.15, 0.2) is 0 Å². The number of rotatable bonds is 3. The smallest absolute Gasteiger partial charge is 0.284 e. The molecule has 1 aromatic heterocycles. The molecule has 0 fully saturated rings. The number of amides is 2. The van der Waals surface area contributed by atoms with Crippen LogP contribution in [0.15, 0.2) is 54.6 Å². The zero-order valence-electron chi connectivity index (χ0n) is 11.4. The molecule has 3 rings (SSSR count). The van der Waals surface area contributed by atoms with Gasteiger partial charge in [-0.25, -0.2) is 5.48 Å². The number of fused-ring (bicyclic) bond motifs is 1. The van der Waals surface area contributed by atoms with Gasteiger partial charge in [-0.3, -0.25) is 14.8 Å². The molecule has 2 aromatic carbocycles. The highest BCUT2D eigenvalue weighted by atomic mass is 32.1. The summed E-state index contributed by atoms with van der Waals surface area (Å²) < 4.78 is 0. The minimum atomic E-state index is -0.601. The van der Waals surface area contributed by atoms with Crippen molar-refractivity contribution in [3.05, 3.63) is 65.0 Å². The molecule has 0 saturated carbocycles.